The predicted molar refractivity (Wildman–Crippen MR) is 76.7 cm³/mol. The second-order valence-electron chi connectivity index (χ2n) is 5.36. The molecule has 1 aromatic carbocycles. The molecule has 1 aromatic rings. The van der Waals surface area contributed by atoms with Gasteiger partial charge in [-0.2, -0.15) is 0 Å². The molecule has 0 fully saturated rings. The third-order valence-electron chi connectivity index (χ3n) is 2.18. The molecule has 0 aromatic heterocycles. The molecule has 1 amide bonds. The van der Waals surface area contributed by atoms with Crippen molar-refractivity contribution in [3.63, 3.8) is 0 Å². The van der Waals surface area contributed by atoms with Gasteiger partial charge in [0.1, 0.15) is 11.4 Å². The van der Waals surface area contributed by atoms with E-state index in [9.17, 15) is 9.59 Å². The van der Waals surface area contributed by atoms with E-state index in [1.54, 1.807) is 24.3 Å². The van der Waals surface area contributed by atoms with E-state index < -0.39 is 5.60 Å². The highest BCUT2D eigenvalue weighted by atomic mass is 16.6. The SMILES string of the molecule is CC(=O)Nc1ccccc1OCCC(=O)OC(C)(C)C. The molecule has 20 heavy (non-hydrogen) atoms. The molecule has 0 bridgehead atoms. The van der Waals surface area contributed by atoms with Gasteiger partial charge >= 0.3 is 5.97 Å². The molecule has 0 saturated heterocycles. The zero-order chi connectivity index (χ0) is 15.2. The maximum atomic E-state index is 11.5. The summed E-state index contributed by atoms with van der Waals surface area (Å²) in [5, 5.41) is 2.67. The fourth-order valence-electron chi connectivity index (χ4n) is 1.52. The zero-order valence-electron chi connectivity index (χ0n) is 12.4. The molecule has 1 rings (SSSR count). The van der Waals surface area contributed by atoms with Crippen molar-refractivity contribution in [2.45, 2.75) is 39.7 Å². The molecule has 0 heterocycles. The Morgan fingerprint density at radius 3 is 2.45 bits per heavy atom. The second kappa shape index (κ2) is 6.93. The topological polar surface area (TPSA) is 64.6 Å². The van der Waals surface area contributed by atoms with Gasteiger partial charge in [-0.25, -0.2) is 0 Å². The molecule has 0 spiro atoms. The standard InChI is InChI=1S/C15H21NO4/c1-11(17)16-12-7-5-6-8-13(12)19-10-9-14(18)20-15(2,3)4/h5-8H,9-10H2,1-4H3,(H,16,17). The summed E-state index contributed by atoms with van der Waals surface area (Å²) >= 11 is 0. The Kier molecular flexibility index (Phi) is 5.55. The van der Waals surface area contributed by atoms with Crippen LogP contribution >= 0.6 is 0 Å². The monoisotopic (exact) mass is 279 g/mol. The van der Waals surface area contributed by atoms with Gasteiger partial charge < -0.3 is 14.8 Å². The Morgan fingerprint density at radius 1 is 1.20 bits per heavy atom. The lowest BCUT2D eigenvalue weighted by molar-refractivity contribution is -0.155. The number of para-hydroxylation sites is 2. The highest BCUT2D eigenvalue weighted by molar-refractivity contribution is 5.90. The highest BCUT2D eigenvalue weighted by Gasteiger charge is 2.16. The van der Waals surface area contributed by atoms with Crippen molar-refractivity contribution in [1.29, 1.82) is 0 Å². The van der Waals surface area contributed by atoms with Gasteiger partial charge in [-0.15, -0.1) is 0 Å². The van der Waals surface area contributed by atoms with Gasteiger partial charge in [0.05, 0.1) is 18.7 Å². The van der Waals surface area contributed by atoms with Crippen LogP contribution in [0.3, 0.4) is 0 Å². The molecule has 0 aliphatic heterocycles. The number of rotatable bonds is 5. The molecule has 0 saturated carbocycles. The van der Waals surface area contributed by atoms with Crippen LogP contribution in [0, 0.1) is 0 Å². The fraction of sp³-hybridized carbons (Fsp3) is 0.467. The first-order valence-electron chi connectivity index (χ1n) is 6.49. The Labute approximate surface area is 119 Å². The van der Waals surface area contributed by atoms with Crippen LogP contribution in [0.1, 0.15) is 34.1 Å². The van der Waals surface area contributed by atoms with Gasteiger partial charge in [0.25, 0.3) is 0 Å². The molecular formula is C15H21NO4. The van der Waals surface area contributed by atoms with Gasteiger partial charge in [0, 0.05) is 6.92 Å². The lowest BCUT2D eigenvalue weighted by atomic mass is 10.2. The summed E-state index contributed by atoms with van der Waals surface area (Å²) in [6, 6.07) is 7.07. The minimum absolute atomic E-state index is 0.158. The molecule has 1 N–H and O–H groups in total. The van der Waals surface area contributed by atoms with Crippen molar-refractivity contribution in [1.82, 2.24) is 0 Å². The fourth-order valence-corrected chi connectivity index (χ4v) is 1.52. The van der Waals surface area contributed by atoms with E-state index >= 15 is 0 Å². The number of ether oxygens (including phenoxy) is 2. The van der Waals surface area contributed by atoms with Crippen LogP contribution < -0.4 is 10.1 Å². The number of carbonyl (C=O) groups is 2. The average Bonchev–Trinajstić information content (AvgIpc) is 2.28. The van der Waals surface area contributed by atoms with Crippen LogP contribution in [-0.2, 0) is 14.3 Å². The van der Waals surface area contributed by atoms with Crippen LogP contribution in [-0.4, -0.2) is 24.1 Å². The number of hydrogen-bond acceptors (Lipinski definition) is 4. The van der Waals surface area contributed by atoms with Gasteiger partial charge in [0.15, 0.2) is 0 Å². The average molecular weight is 279 g/mol. The van der Waals surface area contributed by atoms with Crippen molar-refractivity contribution < 1.29 is 19.1 Å². The minimum atomic E-state index is -0.495. The van der Waals surface area contributed by atoms with Crippen LogP contribution in [0.15, 0.2) is 24.3 Å². The number of carbonyl (C=O) groups excluding carboxylic acids is 2. The van der Waals surface area contributed by atoms with E-state index in [4.69, 9.17) is 9.47 Å². The van der Waals surface area contributed by atoms with Crippen molar-refractivity contribution in [3.05, 3.63) is 24.3 Å². The van der Waals surface area contributed by atoms with Crippen LogP contribution in [0.4, 0.5) is 5.69 Å². The summed E-state index contributed by atoms with van der Waals surface area (Å²) in [5.74, 6) is 0.0500. The first kappa shape index (κ1) is 16.0. The molecule has 0 unspecified atom stereocenters. The van der Waals surface area contributed by atoms with Gasteiger partial charge in [-0.3, -0.25) is 9.59 Å². The van der Waals surface area contributed by atoms with E-state index in [-0.39, 0.29) is 24.9 Å². The van der Waals surface area contributed by atoms with Crippen LogP contribution in [0.5, 0.6) is 5.75 Å². The normalized spacial score (nSPS) is 10.8. The summed E-state index contributed by atoms with van der Waals surface area (Å²) in [6.45, 7) is 7.08. The Bertz CT molecular complexity index is 477. The van der Waals surface area contributed by atoms with Crippen molar-refractivity contribution in [2.24, 2.45) is 0 Å². The van der Waals surface area contributed by atoms with E-state index in [2.05, 4.69) is 5.32 Å². The third-order valence-corrected chi connectivity index (χ3v) is 2.18. The van der Waals surface area contributed by atoms with E-state index in [1.165, 1.54) is 6.92 Å². The summed E-state index contributed by atoms with van der Waals surface area (Å²) in [5.41, 5.74) is 0.0923. The smallest absolute Gasteiger partial charge is 0.309 e. The second-order valence-corrected chi connectivity index (χ2v) is 5.36. The Hall–Kier alpha value is -2.04. The number of benzene rings is 1. The molecule has 0 aliphatic carbocycles. The zero-order valence-corrected chi connectivity index (χ0v) is 12.4. The highest BCUT2D eigenvalue weighted by Crippen LogP contribution is 2.23. The van der Waals surface area contributed by atoms with Crippen molar-refractivity contribution >= 4 is 17.6 Å². The number of anilines is 1. The predicted octanol–water partition coefficient (Wildman–Crippen LogP) is 2.76. The molecule has 0 aliphatic rings. The van der Waals surface area contributed by atoms with Crippen LogP contribution in [0.2, 0.25) is 0 Å². The number of esters is 1. The lowest BCUT2D eigenvalue weighted by Gasteiger charge is -2.19. The van der Waals surface area contributed by atoms with Crippen molar-refractivity contribution in [3.8, 4) is 5.75 Å². The molecule has 5 nitrogen and oxygen atoms in total. The molecular weight excluding hydrogens is 258 g/mol. The minimum Gasteiger partial charge on any atom is -0.491 e. The first-order chi connectivity index (χ1) is 9.28. The maximum absolute atomic E-state index is 11.5. The molecule has 110 valence electrons. The van der Waals surface area contributed by atoms with E-state index in [1.807, 2.05) is 20.8 Å². The quantitative estimate of drug-likeness (QED) is 0.842. The van der Waals surface area contributed by atoms with Crippen LogP contribution in [0.25, 0.3) is 0 Å². The first-order valence-corrected chi connectivity index (χ1v) is 6.49. The molecule has 0 atom stereocenters. The van der Waals surface area contributed by atoms with E-state index in [0.29, 0.717) is 11.4 Å². The van der Waals surface area contributed by atoms with Gasteiger partial charge in [-0.05, 0) is 32.9 Å². The maximum Gasteiger partial charge on any atom is 0.309 e. The van der Waals surface area contributed by atoms with E-state index in [0.717, 1.165) is 0 Å². The summed E-state index contributed by atoms with van der Waals surface area (Å²) < 4.78 is 10.7. The largest absolute Gasteiger partial charge is 0.491 e. The molecule has 0 radical (unpaired) electrons. The Balaban J connectivity index is 2.50. The lowest BCUT2D eigenvalue weighted by Crippen LogP contribution is -2.24. The number of nitrogens with one attached hydrogen (secondary N) is 1. The summed E-state index contributed by atoms with van der Waals surface area (Å²) in [6.07, 6.45) is 0.158. The van der Waals surface area contributed by atoms with Gasteiger partial charge in [-0.1, -0.05) is 12.1 Å². The summed E-state index contributed by atoms with van der Waals surface area (Å²) in [4.78, 5) is 22.6. The summed E-state index contributed by atoms with van der Waals surface area (Å²) in [7, 11) is 0. The number of hydrogen-bond donors (Lipinski definition) is 1. The van der Waals surface area contributed by atoms with Crippen molar-refractivity contribution in [2.75, 3.05) is 11.9 Å². The third kappa shape index (κ3) is 6.22. The molecule has 5 heteroatoms. The Morgan fingerprint density at radius 2 is 1.85 bits per heavy atom. The number of amides is 1. The van der Waals surface area contributed by atoms with Gasteiger partial charge in [0.2, 0.25) is 5.91 Å².